The Bertz CT molecular complexity index is 1740. The highest BCUT2D eigenvalue weighted by Crippen LogP contribution is 2.44. The molecule has 0 N–H and O–H groups in total. The summed E-state index contributed by atoms with van der Waals surface area (Å²) < 4.78 is 33.4. The zero-order valence-electron chi connectivity index (χ0n) is 24.3. The fourth-order valence-electron chi connectivity index (χ4n) is 6.09. The zero-order chi connectivity index (χ0) is 27.7. The summed E-state index contributed by atoms with van der Waals surface area (Å²) in [6, 6.07) is 17.8. The Morgan fingerprint density at radius 1 is 0.842 bits per heavy atom. The van der Waals surface area contributed by atoms with Gasteiger partial charge in [-0.1, -0.05) is 50.2 Å². The number of hydrogen-bond acceptors (Lipinski definition) is 1. The first-order valence-electron chi connectivity index (χ1n) is 14.2. The standard InChI is InChI=1S/C35H37FNO/c1-21-7-12-27-28-13-14-29(36)32(26-10-8-24(9-11-26)25-15-17-35(4,5)18-16-25)34(28)38-33(27)31(21)30-19-22(2)23(3)20-37(30)6/h7-14,19-20,25H,15-18H2,1-6H3/q+1/i25D. The monoisotopic (exact) mass is 507 g/mol. The second kappa shape index (κ2) is 9.08. The minimum atomic E-state index is -0.577. The lowest BCUT2D eigenvalue weighted by Crippen LogP contribution is -2.31. The van der Waals surface area contributed by atoms with E-state index >= 15 is 4.39 Å². The first-order valence-corrected chi connectivity index (χ1v) is 13.7. The number of furan rings is 1. The molecule has 2 nitrogen and oxygen atoms in total. The van der Waals surface area contributed by atoms with Crippen molar-refractivity contribution in [2.75, 3.05) is 0 Å². The third-order valence-corrected chi connectivity index (χ3v) is 8.75. The van der Waals surface area contributed by atoms with Crippen LogP contribution in [-0.4, -0.2) is 0 Å². The second-order valence-electron chi connectivity index (χ2n) is 12.0. The normalized spacial score (nSPS) is 17.2. The van der Waals surface area contributed by atoms with Crippen molar-refractivity contribution in [1.29, 1.82) is 0 Å². The Kier molecular flexibility index (Phi) is 5.65. The van der Waals surface area contributed by atoms with Gasteiger partial charge in [0.2, 0.25) is 5.69 Å². The molecule has 0 atom stereocenters. The second-order valence-corrected chi connectivity index (χ2v) is 12.0. The van der Waals surface area contributed by atoms with Crippen LogP contribution in [0, 0.1) is 32.0 Å². The summed E-state index contributed by atoms with van der Waals surface area (Å²) in [6.07, 6.45) is 5.94. The molecule has 38 heavy (non-hydrogen) atoms. The summed E-state index contributed by atoms with van der Waals surface area (Å²) in [5.74, 6) is -0.879. The molecule has 0 spiro atoms. The molecule has 1 saturated carbocycles. The van der Waals surface area contributed by atoms with Crippen LogP contribution in [0.15, 0.2) is 65.2 Å². The lowest BCUT2D eigenvalue weighted by atomic mass is 9.71. The lowest BCUT2D eigenvalue weighted by Gasteiger charge is -2.34. The summed E-state index contributed by atoms with van der Waals surface area (Å²) >= 11 is 0. The number of rotatable bonds is 3. The molecule has 6 rings (SSSR count). The molecule has 5 aromatic rings. The fraction of sp³-hybridized carbons (Fsp3) is 0.343. The third-order valence-electron chi connectivity index (χ3n) is 8.75. The molecule has 0 amide bonds. The van der Waals surface area contributed by atoms with Crippen LogP contribution in [0.4, 0.5) is 4.39 Å². The minimum Gasteiger partial charge on any atom is -0.454 e. The van der Waals surface area contributed by atoms with Crippen molar-refractivity contribution >= 4 is 21.9 Å². The molecular weight excluding hydrogens is 469 g/mol. The van der Waals surface area contributed by atoms with Gasteiger partial charge in [-0.3, -0.25) is 0 Å². The van der Waals surface area contributed by atoms with Gasteiger partial charge in [-0.05, 0) is 92.1 Å². The molecular formula is C35H37FNO+. The molecule has 194 valence electrons. The number of benzene rings is 3. The van der Waals surface area contributed by atoms with E-state index in [9.17, 15) is 0 Å². The average molecular weight is 508 g/mol. The largest absolute Gasteiger partial charge is 0.454 e. The van der Waals surface area contributed by atoms with E-state index < -0.39 is 5.89 Å². The Hall–Kier alpha value is -3.46. The average Bonchev–Trinajstić information content (AvgIpc) is 3.27. The number of nitrogens with zero attached hydrogens (tertiary/aromatic N) is 1. The molecule has 1 aliphatic rings. The van der Waals surface area contributed by atoms with Gasteiger partial charge in [0.15, 0.2) is 6.20 Å². The molecule has 0 saturated heterocycles. The van der Waals surface area contributed by atoms with E-state index in [1.807, 2.05) is 30.3 Å². The number of hydrogen-bond donors (Lipinski definition) is 0. The van der Waals surface area contributed by atoms with Crippen LogP contribution >= 0.6 is 0 Å². The van der Waals surface area contributed by atoms with Crippen molar-refractivity contribution in [3.63, 3.8) is 0 Å². The van der Waals surface area contributed by atoms with Crippen molar-refractivity contribution in [3.05, 3.63) is 88.9 Å². The van der Waals surface area contributed by atoms with Crippen molar-refractivity contribution in [3.8, 4) is 22.4 Å². The molecule has 2 aromatic heterocycles. The van der Waals surface area contributed by atoms with E-state index in [2.05, 4.69) is 70.6 Å². The van der Waals surface area contributed by atoms with Gasteiger partial charge in [-0.25, -0.2) is 8.96 Å². The quantitative estimate of drug-likeness (QED) is 0.222. The molecule has 2 heterocycles. The molecule has 0 radical (unpaired) electrons. The number of fused-ring (bicyclic) bond motifs is 3. The molecule has 1 aliphatic carbocycles. The molecule has 3 heteroatoms. The van der Waals surface area contributed by atoms with Gasteiger partial charge < -0.3 is 4.42 Å². The van der Waals surface area contributed by atoms with E-state index in [0.29, 0.717) is 16.6 Å². The predicted molar refractivity (Wildman–Crippen MR) is 155 cm³/mol. The van der Waals surface area contributed by atoms with E-state index in [1.54, 1.807) is 6.07 Å². The Labute approximate surface area is 226 Å². The lowest BCUT2D eigenvalue weighted by molar-refractivity contribution is -0.660. The van der Waals surface area contributed by atoms with Crippen LogP contribution in [0.3, 0.4) is 0 Å². The third kappa shape index (κ3) is 4.13. The number of aryl methyl sites for hydroxylation is 4. The highest BCUT2D eigenvalue weighted by atomic mass is 19.1. The van der Waals surface area contributed by atoms with Crippen LogP contribution in [0.5, 0.6) is 0 Å². The van der Waals surface area contributed by atoms with Gasteiger partial charge in [0.25, 0.3) is 0 Å². The zero-order valence-corrected chi connectivity index (χ0v) is 23.3. The topological polar surface area (TPSA) is 17.0 Å². The molecule has 3 aromatic carbocycles. The van der Waals surface area contributed by atoms with Crippen LogP contribution in [0.1, 0.15) is 69.0 Å². The van der Waals surface area contributed by atoms with E-state index in [-0.39, 0.29) is 5.82 Å². The molecule has 0 unspecified atom stereocenters. The molecule has 0 bridgehead atoms. The summed E-state index contributed by atoms with van der Waals surface area (Å²) in [5, 5.41) is 1.89. The maximum absolute atomic E-state index is 15.5. The van der Waals surface area contributed by atoms with Gasteiger partial charge in [-0.15, -0.1) is 0 Å². The minimum absolute atomic E-state index is 0.302. The van der Waals surface area contributed by atoms with Gasteiger partial charge in [0, 0.05) is 23.8 Å². The van der Waals surface area contributed by atoms with E-state index in [1.165, 1.54) is 11.1 Å². The number of pyridine rings is 1. The summed E-state index contributed by atoms with van der Waals surface area (Å²) in [5.41, 5.74) is 9.58. The van der Waals surface area contributed by atoms with Gasteiger partial charge in [0.05, 0.1) is 11.1 Å². The van der Waals surface area contributed by atoms with Crippen molar-refractivity contribution in [2.24, 2.45) is 12.5 Å². The Morgan fingerprint density at radius 3 is 2.16 bits per heavy atom. The molecule has 1 fully saturated rings. The summed E-state index contributed by atoms with van der Waals surface area (Å²) in [7, 11) is 2.06. The Morgan fingerprint density at radius 2 is 1.47 bits per heavy atom. The van der Waals surface area contributed by atoms with Crippen molar-refractivity contribution in [2.45, 2.75) is 66.2 Å². The smallest absolute Gasteiger partial charge is 0.216 e. The van der Waals surface area contributed by atoms with Crippen LogP contribution in [0.2, 0.25) is 0 Å². The maximum atomic E-state index is 15.5. The van der Waals surface area contributed by atoms with Gasteiger partial charge in [-0.2, -0.15) is 0 Å². The van der Waals surface area contributed by atoms with Crippen LogP contribution in [0.25, 0.3) is 44.3 Å². The van der Waals surface area contributed by atoms with Crippen LogP contribution in [-0.2, 0) is 7.05 Å². The number of aromatic nitrogens is 1. The fourth-order valence-corrected chi connectivity index (χ4v) is 6.09. The predicted octanol–water partition coefficient (Wildman–Crippen LogP) is 9.49. The SMILES string of the molecule is [2H]C1(c2ccc(-c3c(F)ccc4c3oc3c(-c5cc(C)c(C)c[n+]5C)c(C)ccc34)cc2)CCC(C)(C)CC1. The van der Waals surface area contributed by atoms with Gasteiger partial charge in [0.1, 0.15) is 24.0 Å². The van der Waals surface area contributed by atoms with Crippen molar-refractivity contribution in [1.82, 2.24) is 0 Å². The summed E-state index contributed by atoms with van der Waals surface area (Å²) in [6.45, 7) is 10.9. The highest BCUT2D eigenvalue weighted by molar-refractivity contribution is 6.13. The van der Waals surface area contributed by atoms with Gasteiger partial charge >= 0.3 is 0 Å². The first-order chi connectivity index (χ1) is 18.5. The van der Waals surface area contributed by atoms with Crippen molar-refractivity contribution < 1.29 is 14.7 Å². The maximum Gasteiger partial charge on any atom is 0.216 e. The highest BCUT2D eigenvalue weighted by Gasteiger charge is 2.28. The number of halogens is 1. The Balaban J connectivity index is 1.50. The van der Waals surface area contributed by atoms with E-state index in [0.717, 1.165) is 70.0 Å². The summed E-state index contributed by atoms with van der Waals surface area (Å²) in [4.78, 5) is 0. The first kappa shape index (κ1) is 23.6. The van der Waals surface area contributed by atoms with E-state index in [4.69, 9.17) is 5.79 Å². The van der Waals surface area contributed by atoms with Crippen LogP contribution < -0.4 is 4.57 Å². The molecule has 0 aliphatic heterocycles.